The summed E-state index contributed by atoms with van der Waals surface area (Å²) in [5, 5.41) is 0. The van der Waals surface area contributed by atoms with Gasteiger partial charge >= 0.3 is 0 Å². The molecule has 2 rings (SSSR count). The molecule has 1 aromatic rings. The van der Waals surface area contributed by atoms with Crippen molar-refractivity contribution in [3.8, 4) is 0 Å². The first-order valence-corrected chi connectivity index (χ1v) is 7.44. The van der Waals surface area contributed by atoms with Crippen molar-refractivity contribution in [2.24, 2.45) is 17.6 Å². The second kappa shape index (κ2) is 6.33. The Morgan fingerprint density at radius 2 is 2.00 bits per heavy atom. The van der Waals surface area contributed by atoms with Gasteiger partial charge in [-0.3, -0.25) is 4.98 Å². The lowest BCUT2D eigenvalue weighted by Crippen LogP contribution is -2.26. The topological polar surface area (TPSA) is 38.9 Å². The largest absolute Gasteiger partial charge is 0.324 e. The zero-order valence-electron chi connectivity index (χ0n) is 11.7. The normalized spacial score (nSPS) is 25.9. The Kier molecular flexibility index (Phi) is 4.76. The van der Waals surface area contributed by atoms with E-state index in [1.807, 2.05) is 12.4 Å². The Hall–Kier alpha value is -0.890. The first-order chi connectivity index (χ1) is 8.76. The van der Waals surface area contributed by atoms with Gasteiger partial charge in [0.1, 0.15) is 0 Å². The number of hydrogen-bond donors (Lipinski definition) is 1. The van der Waals surface area contributed by atoms with E-state index >= 15 is 0 Å². The van der Waals surface area contributed by atoms with Crippen molar-refractivity contribution < 1.29 is 0 Å². The Bertz CT molecular complexity index is 367. The molecule has 1 aromatic heterocycles. The van der Waals surface area contributed by atoms with Crippen LogP contribution in [0.2, 0.25) is 0 Å². The van der Waals surface area contributed by atoms with E-state index < -0.39 is 0 Å². The summed E-state index contributed by atoms with van der Waals surface area (Å²) in [4.78, 5) is 4.21. The van der Waals surface area contributed by atoms with E-state index in [0.717, 1.165) is 12.3 Å². The first kappa shape index (κ1) is 13.5. The monoisotopic (exact) mass is 246 g/mol. The smallest absolute Gasteiger partial charge is 0.0327 e. The van der Waals surface area contributed by atoms with Crippen LogP contribution >= 0.6 is 0 Å². The van der Waals surface area contributed by atoms with Crippen molar-refractivity contribution in [2.45, 2.75) is 58.4 Å². The van der Waals surface area contributed by atoms with Crippen LogP contribution in [0.5, 0.6) is 0 Å². The molecule has 1 aliphatic carbocycles. The maximum atomic E-state index is 6.51. The van der Waals surface area contributed by atoms with E-state index in [4.69, 9.17) is 5.73 Å². The van der Waals surface area contributed by atoms with Crippen LogP contribution < -0.4 is 5.73 Å². The molecule has 0 aromatic carbocycles. The number of nitrogens with zero attached hydrogens (tertiary/aromatic N) is 1. The SMILES string of the molecule is CCc1cnccc1C(N)C1CCC(CC)CC1. The second-order valence-electron chi connectivity index (χ2n) is 5.64. The molecule has 0 saturated heterocycles. The summed E-state index contributed by atoms with van der Waals surface area (Å²) < 4.78 is 0. The van der Waals surface area contributed by atoms with E-state index in [1.165, 1.54) is 43.2 Å². The summed E-state index contributed by atoms with van der Waals surface area (Å²) in [5.74, 6) is 1.61. The summed E-state index contributed by atoms with van der Waals surface area (Å²) in [5.41, 5.74) is 9.15. The molecule has 1 unspecified atom stereocenters. The van der Waals surface area contributed by atoms with Gasteiger partial charge in [-0.25, -0.2) is 0 Å². The molecule has 1 aliphatic rings. The highest BCUT2D eigenvalue weighted by Crippen LogP contribution is 2.37. The van der Waals surface area contributed by atoms with Gasteiger partial charge in [-0.1, -0.05) is 33.1 Å². The summed E-state index contributed by atoms with van der Waals surface area (Å²) in [7, 11) is 0. The van der Waals surface area contributed by atoms with Gasteiger partial charge in [0.05, 0.1) is 0 Å². The fourth-order valence-corrected chi connectivity index (χ4v) is 3.27. The third kappa shape index (κ3) is 2.92. The zero-order chi connectivity index (χ0) is 13.0. The van der Waals surface area contributed by atoms with Crippen molar-refractivity contribution in [3.63, 3.8) is 0 Å². The van der Waals surface area contributed by atoms with Gasteiger partial charge in [-0.05, 0) is 48.3 Å². The van der Waals surface area contributed by atoms with Gasteiger partial charge in [0.2, 0.25) is 0 Å². The molecule has 0 radical (unpaired) electrons. The third-order valence-electron chi connectivity index (χ3n) is 4.66. The zero-order valence-corrected chi connectivity index (χ0v) is 11.7. The lowest BCUT2D eigenvalue weighted by Gasteiger charge is -2.32. The van der Waals surface area contributed by atoms with Gasteiger partial charge in [-0.15, -0.1) is 0 Å². The highest BCUT2D eigenvalue weighted by atomic mass is 14.7. The standard InChI is InChI=1S/C16H26N2/c1-3-12-5-7-14(8-6-12)16(17)15-9-10-18-11-13(15)4-2/h9-12,14,16H,3-8,17H2,1-2H3. The van der Waals surface area contributed by atoms with Gasteiger partial charge in [0.15, 0.2) is 0 Å². The Morgan fingerprint density at radius 1 is 1.28 bits per heavy atom. The van der Waals surface area contributed by atoms with E-state index in [-0.39, 0.29) is 6.04 Å². The molecule has 1 heterocycles. The van der Waals surface area contributed by atoms with Crippen molar-refractivity contribution in [3.05, 3.63) is 29.6 Å². The minimum absolute atomic E-state index is 0.209. The van der Waals surface area contributed by atoms with Crippen LogP contribution in [0, 0.1) is 11.8 Å². The molecule has 2 N–H and O–H groups in total. The van der Waals surface area contributed by atoms with Crippen molar-refractivity contribution >= 4 is 0 Å². The Labute approximate surface area is 111 Å². The highest BCUT2D eigenvalue weighted by molar-refractivity contribution is 5.27. The molecular formula is C16H26N2. The van der Waals surface area contributed by atoms with Crippen LogP contribution in [0.15, 0.2) is 18.5 Å². The van der Waals surface area contributed by atoms with E-state index in [1.54, 1.807) is 0 Å². The van der Waals surface area contributed by atoms with Crippen LogP contribution in [0.25, 0.3) is 0 Å². The van der Waals surface area contributed by atoms with Crippen molar-refractivity contribution in [1.82, 2.24) is 4.98 Å². The molecular weight excluding hydrogens is 220 g/mol. The third-order valence-corrected chi connectivity index (χ3v) is 4.66. The number of nitrogens with two attached hydrogens (primary N) is 1. The van der Waals surface area contributed by atoms with Gasteiger partial charge < -0.3 is 5.73 Å². The van der Waals surface area contributed by atoms with Gasteiger partial charge in [0.25, 0.3) is 0 Å². The fraction of sp³-hybridized carbons (Fsp3) is 0.688. The van der Waals surface area contributed by atoms with Crippen molar-refractivity contribution in [1.29, 1.82) is 0 Å². The summed E-state index contributed by atoms with van der Waals surface area (Å²) >= 11 is 0. The van der Waals surface area contributed by atoms with E-state index in [9.17, 15) is 0 Å². The summed E-state index contributed by atoms with van der Waals surface area (Å²) in [6.45, 7) is 4.49. The number of aryl methyl sites for hydroxylation is 1. The Morgan fingerprint density at radius 3 is 2.61 bits per heavy atom. The number of aromatic nitrogens is 1. The molecule has 1 atom stereocenters. The highest BCUT2D eigenvalue weighted by Gasteiger charge is 2.26. The van der Waals surface area contributed by atoms with E-state index in [0.29, 0.717) is 5.92 Å². The molecule has 1 fully saturated rings. The predicted octanol–water partition coefficient (Wildman–Crippen LogP) is 3.86. The van der Waals surface area contributed by atoms with E-state index in [2.05, 4.69) is 24.9 Å². The van der Waals surface area contributed by atoms with Crippen LogP contribution in [0.1, 0.15) is 63.1 Å². The minimum atomic E-state index is 0.209. The fourth-order valence-electron chi connectivity index (χ4n) is 3.27. The molecule has 0 amide bonds. The predicted molar refractivity (Wildman–Crippen MR) is 76.3 cm³/mol. The number of pyridine rings is 1. The maximum absolute atomic E-state index is 6.51. The molecule has 2 heteroatoms. The molecule has 0 spiro atoms. The molecule has 2 nitrogen and oxygen atoms in total. The van der Waals surface area contributed by atoms with Crippen LogP contribution in [0.3, 0.4) is 0 Å². The van der Waals surface area contributed by atoms with Crippen molar-refractivity contribution in [2.75, 3.05) is 0 Å². The average molecular weight is 246 g/mol. The lowest BCUT2D eigenvalue weighted by atomic mass is 9.76. The Balaban J connectivity index is 2.05. The van der Waals surface area contributed by atoms with Crippen LogP contribution in [-0.2, 0) is 6.42 Å². The first-order valence-electron chi connectivity index (χ1n) is 7.44. The summed E-state index contributed by atoms with van der Waals surface area (Å²) in [6, 6.07) is 2.33. The molecule has 100 valence electrons. The molecule has 0 bridgehead atoms. The molecule has 1 saturated carbocycles. The average Bonchev–Trinajstić information content (AvgIpc) is 2.46. The number of rotatable bonds is 4. The molecule has 18 heavy (non-hydrogen) atoms. The number of hydrogen-bond acceptors (Lipinski definition) is 2. The summed E-state index contributed by atoms with van der Waals surface area (Å²) in [6.07, 6.45) is 11.5. The van der Waals surface area contributed by atoms with Gasteiger partial charge in [-0.2, -0.15) is 0 Å². The maximum Gasteiger partial charge on any atom is 0.0327 e. The molecule has 0 aliphatic heterocycles. The van der Waals surface area contributed by atoms with Crippen LogP contribution in [0.4, 0.5) is 0 Å². The van der Waals surface area contributed by atoms with Gasteiger partial charge in [0, 0.05) is 18.4 Å². The lowest BCUT2D eigenvalue weighted by molar-refractivity contribution is 0.239. The second-order valence-corrected chi connectivity index (χ2v) is 5.64. The van der Waals surface area contributed by atoms with Crippen LogP contribution in [-0.4, -0.2) is 4.98 Å². The minimum Gasteiger partial charge on any atom is -0.324 e. The quantitative estimate of drug-likeness (QED) is 0.876.